The Bertz CT molecular complexity index is 1020. The largest absolute Gasteiger partial charge is 0.480 e. The van der Waals surface area contributed by atoms with Crippen LogP contribution in [-0.4, -0.2) is 65.9 Å². The minimum atomic E-state index is -1.06. The molecule has 2 unspecified atom stereocenters. The molecule has 8 nitrogen and oxygen atoms in total. The monoisotopic (exact) mass is 466 g/mol. The predicted octanol–water partition coefficient (Wildman–Crippen LogP) is 3.39. The van der Waals surface area contributed by atoms with Gasteiger partial charge in [0.2, 0.25) is 0 Å². The summed E-state index contributed by atoms with van der Waals surface area (Å²) >= 11 is 0. The average molecular weight is 467 g/mol. The molecule has 8 heteroatoms. The van der Waals surface area contributed by atoms with E-state index in [1.165, 1.54) is 16.0 Å². The van der Waals surface area contributed by atoms with E-state index in [0.717, 1.165) is 11.1 Å². The van der Waals surface area contributed by atoms with Gasteiger partial charge in [0.25, 0.3) is 5.91 Å². The topological polar surface area (TPSA) is 105 Å². The van der Waals surface area contributed by atoms with Crippen LogP contribution in [0.25, 0.3) is 11.1 Å². The van der Waals surface area contributed by atoms with Crippen LogP contribution in [0.4, 0.5) is 4.79 Å². The minimum absolute atomic E-state index is 0.0147. The van der Waals surface area contributed by atoms with Gasteiger partial charge in [-0.1, -0.05) is 48.5 Å². The maximum atomic E-state index is 12.7. The van der Waals surface area contributed by atoms with E-state index in [1.807, 2.05) is 24.3 Å². The summed E-state index contributed by atoms with van der Waals surface area (Å²) in [7, 11) is 0. The number of carbonyl (C=O) groups is 3. The second-order valence-corrected chi connectivity index (χ2v) is 8.98. The van der Waals surface area contributed by atoms with Gasteiger partial charge in [-0.25, -0.2) is 4.79 Å². The van der Waals surface area contributed by atoms with Gasteiger partial charge >= 0.3 is 12.1 Å². The number of amides is 2. The van der Waals surface area contributed by atoms with Crippen molar-refractivity contribution in [3.05, 3.63) is 59.7 Å². The summed E-state index contributed by atoms with van der Waals surface area (Å²) < 4.78 is 11.3. The van der Waals surface area contributed by atoms with Crippen LogP contribution in [0.5, 0.6) is 0 Å². The van der Waals surface area contributed by atoms with Crippen molar-refractivity contribution in [1.29, 1.82) is 0 Å². The first-order valence-corrected chi connectivity index (χ1v) is 11.6. The minimum Gasteiger partial charge on any atom is -0.480 e. The van der Waals surface area contributed by atoms with Crippen molar-refractivity contribution < 1.29 is 29.0 Å². The number of nitrogens with one attached hydrogen (secondary N) is 1. The van der Waals surface area contributed by atoms with Crippen LogP contribution in [0.2, 0.25) is 0 Å². The van der Waals surface area contributed by atoms with E-state index in [4.69, 9.17) is 14.6 Å². The fraction of sp³-hybridized carbons (Fsp3) is 0.423. The van der Waals surface area contributed by atoms with E-state index in [2.05, 4.69) is 29.6 Å². The molecule has 2 aliphatic rings. The van der Waals surface area contributed by atoms with E-state index in [0.29, 0.717) is 12.8 Å². The molecular weight excluding hydrogens is 436 g/mol. The number of alkyl carbamates (subject to hydrolysis) is 1. The number of ether oxygens (including phenoxy) is 2. The molecule has 0 radical (unpaired) electrons. The Balaban J connectivity index is 1.27. The van der Waals surface area contributed by atoms with Crippen molar-refractivity contribution in [1.82, 2.24) is 10.2 Å². The van der Waals surface area contributed by atoms with Gasteiger partial charge in [-0.15, -0.1) is 0 Å². The second-order valence-electron chi connectivity index (χ2n) is 8.98. The molecule has 1 heterocycles. The van der Waals surface area contributed by atoms with Crippen molar-refractivity contribution in [2.24, 2.45) is 0 Å². The molecule has 2 amide bonds. The molecule has 2 N–H and O–H groups in total. The van der Waals surface area contributed by atoms with E-state index >= 15 is 0 Å². The Kier molecular flexibility index (Phi) is 7.17. The summed E-state index contributed by atoms with van der Waals surface area (Å²) in [5, 5.41) is 11.8. The van der Waals surface area contributed by atoms with E-state index in [1.54, 1.807) is 13.8 Å². The van der Waals surface area contributed by atoms with Crippen LogP contribution >= 0.6 is 0 Å². The molecule has 0 aromatic heterocycles. The number of carboxylic acid groups (broad SMARTS) is 1. The van der Waals surface area contributed by atoms with Gasteiger partial charge < -0.3 is 24.8 Å². The Hall–Kier alpha value is -3.39. The van der Waals surface area contributed by atoms with Crippen molar-refractivity contribution in [2.45, 2.75) is 50.9 Å². The number of rotatable bonds is 8. The normalized spacial score (nSPS) is 18.9. The fourth-order valence-electron chi connectivity index (χ4n) is 4.73. The Labute approximate surface area is 198 Å². The molecule has 2 aromatic carbocycles. The highest BCUT2D eigenvalue weighted by atomic mass is 16.5. The number of carboxylic acids is 1. The molecule has 2 aromatic rings. The lowest BCUT2D eigenvalue weighted by Crippen LogP contribution is -2.46. The lowest BCUT2D eigenvalue weighted by molar-refractivity contribution is -0.151. The molecule has 0 bridgehead atoms. The van der Waals surface area contributed by atoms with Crippen molar-refractivity contribution in [2.75, 3.05) is 19.7 Å². The maximum absolute atomic E-state index is 12.7. The number of hydrogen-bond donors (Lipinski definition) is 2. The van der Waals surface area contributed by atoms with Crippen LogP contribution in [0, 0.1) is 0 Å². The molecule has 2 atom stereocenters. The van der Waals surface area contributed by atoms with Gasteiger partial charge in [0.05, 0.1) is 6.10 Å². The molecular formula is C26H30N2O6. The van der Waals surface area contributed by atoms with Crippen LogP contribution in [0.3, 0.4) is 0 Å². The van der Waals surface area contributed by atoms with E-state index < -0.39 is 18.2 Å². The van der Waals surface area contributed by atoms with Gasteiger partial charge in [0.15, 0.2) is 0 Å². The van der Waals surface area contributed by atoms with Gasteiger partial charge in [0, 0.05) is 18.5 Å². The number of aliphatic carboxylic acids is 1. The number of benzene rings is 2. The molecule has 34 heavy (non-hydrogen) atoms. The summed E-state index contributed by atoms with van der Waals surface area (Å²) in [6.45, 7) is 3.63. The van der Waals surface area contributed by atoms with E-state index in [9.17, 15) is 14.4 Å². The number of hydrogen-bond acceptors (Lipinski definition) is 5. The average Bonchev–Trinajstić information content (AvgIpc) is 3.42. The summed E-state index contributed by atoms with van der Waals surface area (Å²) in [5.41, 5.74) is 4.63. The SMILES string of the molecule is CC(C)N(CC(=O)O)C(=O)C1CCC(CNC(=O)OCC2c3ccccc3-c3ccccc32)O1. The quantitative estimate of drug-likeness (QED) is 0.618. The second kappa shape index (κ2) is 10.3. The Morgan fingerprint density at radius 1 is 1.06 bits per heavy atom. The molecule has 1 fully saturated rings. The highest BCUT2D eigenvalue weighted by Crippen LogP contribution is 2.44. The first-order chi connectivity index (χ1) is 16.3. The van der Waals surface area contributed by atoms with Gasteiger partial charge in [0.1, 0.15) is 19.3 Å². The van der Waals surface area contributed by atoms with Crippen LogP contribution < -0.4 is 5.32 Å². The zero-order chi connectivity index (χ0) is 24.2. The lowest BCUT2D eigenvalue weighted by atomic mass is 9.98. The zero-order valence-corrected chi connectivity index (χ0v) is 19.4. The van der Waals surface area contributed by atoms with Crippen LogP contribution in [-0.2, 0) is 19.1 Å². The number of nitrogens with zero attached hydrogens (tertiary/aromatic N) is 1. The van der Waals surface area contributed by atoms with E-state index in [-0.39, 0.29) is 43.7 Å². The molecule has 4 rings (SSSR count). The fourth-order valence-corrected chi connectivity index (χ4v) is 4.73. The highest BCUT2D eigenvalue weighted by Gasteiger charge is 2.35. The Morgan fingerprint density at radius 3 is 2.26 bits per heavy atom. The van der Waals surface area contributed by atoms with Gasteiger partial charge in [-0.2, -0.15) is 0 Å². The van der Waals surface area contributed by atoms with Crippen molar-refractivity contribution >= 4 is 18.0 Å². The molecule has 0 saturated carbocycles. The molecule has 1 saturated heterocycles. The smallest absolute Gasteiger partial charge is 0.407 e. The third kappa shape index (κ3) is 5.07. The predicted molar refractivity (Wildman–Crippen MR) is 125 cm³/mol. The van der Waals surface area contributed by atoms with Crippen molar-refractivity contribution in [3.8, 4) is 11.1 Å². The summed E-state index contributed by atoms with van der Waals surface area (Å²) in [4.78, 5) is 37.4. The third-order valence-corrected chi connectivity index (χ3v) is 6.41. The number of carbonyl (C=O) groups excluding carboxylic acids is 2. The molecule has 1 aliphatic carbocycles. The summed E-state index contributed by atoms with van der Waals surface area (Å²) in [6.07, 6.45) is -0.475. The molecule has 0 spiro atoms. The first kappa shape index (κ1) is 23.8. The maximum Gasteiger partial charge on any atom is 0.407 e. The standard InChI is InChI=1S/C26H30N2O6/c1-16(2)28(14-24(29)30)25(31)23-12-11-17(34-23)13-27-26(32)33-15-22-20-9-5-3-7-18(20)19-8-4-6-10-21(19)22/h3-10,16-17,22-23H,11-15H2,1-2H3,(H,27,32)(H,29,30). The van der Waals surface area contributed by atoms with Crippen LogP contribution in [0.1, 0.15) is 43.7 Å². The number of fused-ring (bicyclic) bond motifs is 3. The lowest BCUT2D eigenvalue weighted by Gasteiger charge is -2.27. The highest BCUT2D eigenvalue weighted by molar-refractivity contribution is 5.85. The van der Waals surface area contributed by atoms with Crippen LogP contribution in [0.15, 0.2) is 48.5 Å². The molecule has 1 aliphatic heterocycles. The van der Waals surface area contributed by atoms with Gasteiger partial charge in [-0.05, 0) is 48.9 Å². The Morgan fingerprint density at radius 2 is 1.68 bits per heavy atom. The molecule has 180 valence electrons. The van der Waals surface area contributed by atoms with Gasteiger partial charge in [-0.3, -0.25) is 9.59 Å². The third-order valence-electron chi connectivity index (χ3n) is 6.41. The zero-order valence-electron chi connectivity index (χ0n) is 19.4. The summed E-state index contributed by atoms with van der Waals surface area (Å²) in [6, 6.07) is 16.0. The first-order valence-electron chi connectivity index (χ1n) is 11.6. The van der Waals surface area contributed by atoms with Crippen molar-refractivity contribution in [3.63, 3.8) is 0 Å². The summed E-state index contributed by atoms with van der Waals surface area (Å²) in [5.74, 6) is -1.41.